The Hall–Kier alpha value is -2.10. The molecule has 0 radical (unpaired) electrons. The molecule has 1 aromatic rings. The number of hydrogen-bond donors (Lipinski definition) is 1. The highest BCUT2D eigenvalue weighted by molar-refractivity contribution is 5.91. The van der Waals surface area contributed by atoms with Gasteiger partial charge in [-0.1, -0.05) is 30.3 Å². The van der Waals surface area contributed by atoms with E-state index in [1.54, 1.807) is 20.2 Å². The smallest absolute Gasteiger partial charge is 0.244 e. The van der Waals surface area contributed by atoms with Gasteiger partial charge in [0.05, 0.1) is 0 Å². The quantitative estimate of drug-likeness (QED) is 0.796. The fraction of sp³-hybridized carbons (Fsp3) is 0.286. The number of hydrogen-bond acceptors (Lipinski definition) is 2. The van der Waals surface area contributed by atoms with E-state index in [1.807, 2.05) is 30.3 Å². The Labute approximate surface area is 107 Å². The van der Waals surface area contributed by atoms with Gasteiger partial charge in [-0.2, -0.15) is 0 Å². The highest BCUT2D eigenvalue weighted by atomic mass is 16.2. The fourth-order valence-electron chi connectivity index (χ4n) is 1.31. The Balaban J connectivity index is 2.30. The first-order valence-electron chi connectivity index (χ1n) is 5.80. The highest BCUT2D eigenvalue weighted by Crippen LogP contribution is 2.00. The van der Waals surface area contributed by atoms with Crippen molar-refractivity contribution in [2.75, 3.05) is 20.6 Å². The Morgan fingerprint density at radius 1 is 1.22 bits per heavy atom. The lowest BCUT2D eigenvalue weighted by atomic mass is 10.2. The topological polar surface area (TPSA) is 49.4 Å². The standard InChI is InChI=1S/C14H18N2O2/c1-16(2)14(18)10-11-15-13(17)9-8-12-6-4-3-5-7-12/h3-9H,10-11H2,1-2H3,(H,15,17)/b9-8+. The third-order valence-electron chi connectivity index (χ3n) is 2.36. The molecule has 18 heavy (non-hydrogen) atoms. The van der Waals surface area contributed by atoms with Crippen LogP contribution in [0, 0.1) is 0 Å². The second kappa shape index (κ2) is 7.27. The molecule has 0 atom stereocenters. The Morgan fingerprint density at radius 3 is 2.50 bits per heavy atom. The molecule has 0 aliphatic heterocycles. The Bertz CT molecular complexity index is 425. The second-order valence-corrected chi connectivity index (χ2v) is 4.07. The molecule has 0 spiro atoms. The van der Waals surface area contributed by atoms with Crippen LogP contribution in [0.15, 0.2) is 36.4 Å². The molecule has 96 valence electrons. The van der Waals surface area contributed by atoms with Crippen molar-refractivity contribution in [2.24, 2.45) is 0 Å². The predicted molar refractivity (Wildman–Crippen MR) is 71.8 cm³/mol. The van der Waals surface area contributed by atoms with Crippen molar-refractivity contribution in [3.05, 3.63) is 42.0 Å². The van der Waals surface area contributed by atoms with Crippen LogP contribution in [0.3, 0.4) is 0 Å². The molecule has 0 unspecified atom stereocenters. The summed E-state index contributed by atoms with van der Waals surface area (Å²) in [6.07, 6.45) is 3.52. The van der Waals surface area contributed by atoms with Crippen LogP contribution in [0.4, 0.5) is 0 Å². The summed E-state index contributed by atoms with van der Waals surface area (Å²) in [5, 5.41) is 2.67. The maximum absolute atomic E-state index is 11.4. The minimum Gasteiger partial charge on any atom is -0.352 e. The monoisotopic (exact) mass is 246 g/mol. The zero-order chi connectivity index (χ0) is 13.4. The SMILES string of the molecule is CN(C)C(=O)CCNC(=O)/C=C/c1ccccc1. The Kier molecular flexibility index (Phi) is 5.64. The van der Waals surface area contributed by atoms with Crippen LogP contribution in [0.5, 0.6) is 0 Å². The normalized spacial score (nSPS) is 10.3. The molecule has 0 bridgehead atoms. The number of nitrogens with zero attached hydrogens (tertiary/aromatic N) is 1. The van der Waals surface area contributed by atoms with Gasteiger partial charge in [-0.25, -0.2) is 0 Å². The number of nitrogens with one attached hydrogen (secondary N) is 1. The maximum atomic E-state index is 11.4. The minimum absolute atomic E-state index is 0.00217. The van der Waals surface area contributed by atoms with Gasteiger partial charge in [-0.15, -0.1) is 0 Å². The summed E-state index contributed by atoms with van der Waals surface area (Å²) in [7, 11) is 3.39. The van der Waals surface area contributed by atoms with Crippen LogP contribution in [0.1, 0.15) is 12.0 Å². The van der Waals surface area contributed by atoms with Crippen molar-refractivity contribution in [3.8, 4) is 0 Å². The first kappa shape index (κ1) is 14.0. The van der Waals surface area contributed by atoms with Crippen LogP contribution in [0.25, 0.3) is 6.08 Å². The second-order valence-electron chi connectivity index (χ2n) is 4.07. The highest BCUT2D eigenvalue weighted by Gasteiger charge is 2.03. The summed E-state index contributed by atoms with van der Waals surface area (Å²) in [6, 6.07) is 9.57. The van der Waals surface area contributed by atoms with Crippen LogP contribution in [-0.2, 0) is 9.59 Å². The van der Waals surface area contributed by atoms with Crippen LogP contribution < -0.4 is 5.32 Å². The van der Waals surface area contributed by atoms with E-state index in [-0.39, 0.29) is 11.8 Å². The van der Waals surface area contributed by atoms with Gasteiger partial charge in [0.25, 0.3) is 0 Å². The van der Waals surface area contributed by atoms with Crippen LogP contribution in [-0.4, -0.2) is 37.4 Å². The molecule has 1 N–H and O–H groups in total. The molecule has 1 rings (SSSR count). The van der Waals surface area contributed by atoms with E-state index in [4.69, 9.17) is 0 Å². The zero-order valence-electron chi connectivity index (χ0n) is 10.7. The third-order valence-corrected chi connectivity index (χ3v) is 2.36. The molecule has 0 aliphatic carbocycles. The van der Waals surface area contributed by atoms with Gasteiger partial charge in [0.2, 0.25) is 11.8 Å². The van der Waals surface area contributed by atoms with Gasteiger partial charge in [0, 0.05) is 33.1 Å². The third kappa shape index (κ3) is 5.30. The predicted octanol–water partition coefficient (Wildman–Crippen LogP) is 1.29. The average Bonchev–Trinajstić information content (AvgIpc) is 2.37. The number of carbonyl (C=O) groups is 2. The summed E-state index contributed by atoms with van der Waals surface area (Å²) in [5.74, 6) is -0.187. The molecule has 4 heteroatoms. The first-order chi connectivity index (χ1) is 8.59. The van der Waals surface area contributed by atoms with Gasteiger partial charge in [-0.05, 0) is 11.6 Å². The molecule has 1 aromatic carbocycles. The van der Waals surface area contributed by atoms with Gasteiger partial charge < -0.3 is 10.2 Å². The average molecular weight is 246 g/mol. The van der Waals surface area contributed by atoms with E-state index in [1.165, 1.54) is 11.0 Å². The molecule has 0 aliphatic rings. The number of rotatable bonds is 5. The van der Waals surface area contributed by atoms with Gasteiger partial charge >= 0.3 is 0 Å². The van der Waals surface area contributed by atoms with Gasteiger partial charge in [0.15, 0.2) is 0 Å². The summed E-state index contributed by atoms with van der Waals surface area (Å²) >= 11 is 0. The molecule has 0 saturated heterocycles. The van der Waals surface area contributed by atoms with Crippen molar-refractivity contribution >= 4 is 17.9 Å². The van der Waals surface area contributed by atoms with E-state index in [2.05, 4.69) is 5.32 Å². The van der Waals surface area contributed by atoms with Crippen molar-refractivity contribution in [3.63, 3.8) is 0 Å². The van der Waals surface area contributed by atoms with E-state index < -0.39 is 0 Å². The molecule has 0 saturated carbocycles. The molecular weight excluding hydrogens is 228 g/mol. The molecule has 0 aromatic heterocycles. The Morgan fingerprint density at radius 2 is 1.89 bits per heavy atom. The van der Waals surface area contributed by atoms with Crippen molar-refractivity contribution < 1.29 is 9.59 Å². The van der Waals surface area contributed by atoms with E-state index in [0.717, 1.165) is 5.56 Å². The van der Waals surface area contributed by atoms with E-state index >= 15 is 0 Å². The summed E-state index contributed by atoms with van der Waals surface area (Å²) in [4.78, 5) is 24.2. The van der Waals surface area contributed by atoms with E-state index in [0.29, 0.717) is 13.0 Å². The largest absolute Gasteiger partial charge is 0.352 e. The summed E-state index contributed by atoms with van der Waals surface area (Å²) in [5.41, 5.74) is 0.969. The number of carbonyl (C=O) groups excluding carboxylic acids is 2. The number of benzene rings is 1. The minimum atomic E-state index is -0.189. The van der Waals surface area contributed by atoms with Crippen molar-refractivity contribution in [1.29, 1.82) is 0 Å². The molecule has 0 fully saturated rings. The van der Waals surface area contributed by atoms with Gasteiger partial charge in [0.1, 0.15) is 0 Å². The zero-order valence-corrected chi connectivity index (χ0v) is 10.7. The molecule has 2 amide bonds. The van der Waals surface area contributed by atoms with Crippen LogP contribution in [0.2, 0.25) is 0 Å². The molecular formula is C14H18N2O2. The lowest BCUT2D eigenvalue weighted by Crippen LogP contribution is -2.29. The first-order valence-corrected chi connectivity index (χ1v) is 5.80. The lowest BCUT2D eigenvalue weighted by Gasteiger charge is -2.09. The van der Waals surface area contributed by atoms with E-state index in [9.17, 15) is 9.59 Å². The van der Waals surface area contributed by atoms with Crippen molar-refractivity contribution in [2.45, 2.75) is 6.42 Å². The summed E-state index contributed by atoms with van der Waals surface area (Å²) < 4.78 is 0. The molecule has 0 heterocycles. The number of amides is 2. The lowest BCUT2D eigenvalue weighted by molar-refractivity contribution is -0.128. The van der Waals surface area contributed by atoms with Gasteiger partial charge in [-0.3, -0.25) is 9.59 Å². The van der Waals surface area contributed by atoms with Crippen LogP contribution >= 0.6 is 0 Å². The molecule has 4 nitrogen and oxygen atoms in total. The summed E-state index contributed by atoms with van der Waals surface area (Å²) in [6.45, 7) is 0.356. The maximum Gasteiger partial charge on any atom is 0.244 e. The fourth-order valence-corrected chi connectivity index (χ4v) is 1.31. The van der Waals surface area contributed by atoms with Crippen molar-refractivity contribution in [1.82, 2.24) is 10.2 Å².